The van der Waals surface area contributed by atoms with Gasteiger partial charge in [-0.25, -0.2) is 0 Å². The van der Waals surface area contributed by atoms with E-state index >= 15 is 0 Å². The normalized spacial score (nSPS) is 16.4. The maximum Gasteiger partial charge on any atom is 0.326 e. The molecule has 7 N–H and O–H groups in total. The number of hydrogen-bond donors (Lipinski definition) is 4. The number of hydrogen-bond acceptors (Lipinski definition) is 8. The van der Waals surface area contributed by atoms with E-state index in [2.05, 4.69) is 4.74 Å². The molecule has 0 aromatic heterocycles. The third kappa shape index (κ3) is 7.02. The van der Waals surface area contributed by atoms with Gasteiger partial charge in [-0.05, 0) is 5.92 Å². The minimum Gasteiger partial charge on any atom is -0.480 e. The SMILES string of the molecule is CC[C@H](C)[C@H](N)C(=O)OC[C@H](N)C(=O)OC[C@H](N)C(=O)O. The highest BCUT2D eigenvalue weighted by atomic mass is 16.6. The minimum atomic E-state index is -1.33. The molecule has 9 heteroatoms. The van der Waals surface area contributed by atoms with Crippen LogP contribution in [0.15, 0.2) is 0 Å². The van der Waals surface area contributed by atoms with Gasteiger partial charge in [0, 0.05) is 0 Å². The second kappa shape index (κ2) is 9.27. The molecule has 4 atom stereocenters. The second-order valence-corrected chi connectivity index (χ2v) is 4.72. The van der Waals surface area contributed by atoms with Crippen molar-refractivity contribution in [1.82, 2.24) is 0 Å². The Morgan fingerprint density at radius 2 is 1.48 bits per heavy atom. The summed E-state index contributed by atoms with van der Waals surface area (Å²) in [6.45, 7) is 2.77. The van der Waals surface area contributed by atoms with Crippen LogP contribution in [0.3, 0.4) is 0 Å². The molecule has 0 bridgehead atoms. The first-order valence-electron chi connectivity index (χ1n) is 6.53. The van der Waals surface area contributed by atoms with Gasteiger partial charge in [0.15, 0.2) is 0 Å². The van der Waals surface area contributed by atoms with Crippen LogP contribution in [0.4, 0.5) is 0 Å². The quantitative estimate of drug-likeness (QED) is 0.358. The van der Waals surface area contributed by atoms with Crippen molar-refractivity contribution in [2.45, 2.75) is 38.4 Å². The van der Waals surface area contributed by atoms with Crippen LogP contribution in [0, 0.1) is 5.92 Å². The molecule has 0 heterocycles. The third-order valence-electron chi connectivity index (χ3n) is 2.96. The van der Waals surface area contributed by atoms with Crippen molar-refractivity contribution in [3.63, 3.8) is 0 Å². The Labute approximate surface area is 122 Å². The van der Waals surface area contributed by atoms with E-state index in [0.717, 1.165) is 0 Å². The molecule has 0 aliphatic heterocycles. The van der Waals surface area contributed by atoms with Crippen LogP contribution in [0.5, 0.6) is 0 Å². The first-order valence-corrected chi connectivity index (χ1v) is 6.53. The summed E-state index contributed by atoms with van der Waals surface area (Å²) in [6, 6.07) is -3.35. The molecule has 0 aromatic carbocycles. The number of rotatable bonds is 9. The molecular formula is C12H23N3O6. The van der Waals surface area contributed by atoms with Gasteiger partial charge in [0.2, 0.25) is 0 Å². The Balaban J connectivity index is 4.13. The Morgan fingerprint density at radius 3 is 1.95 bits per heavy atom. The monoisotopic (exact) mass is 305 g/mol. The highest BCUT2D eigenvalue weighted by Gasteiger charge is 2.24. The van der Waals surface area contributed by atoms with Gasteiger partial charge < -0.3 is 31.8 Å². The summed E-state index contributed by atoms with van der Waals surface area (Å²) in [6.07, 6.45) is 0.706. The highest BCUT2D eigenvalue weighted by Crippen LogP contribution is 2.06. The lowest BCUT2D eigenvalue weighted by molar-refractivity contribution is -0.153. The first kappa shape index (κ1) is 19.3. The first-order chi connectivity index (χ1) is 9.70. The van der Waals surface area contributed by atoms with Gasteiger partial charge >= 0.3 is 17.9 Å². The average Bonchev–Trinajstić information content (AvgIpc) is 2.47. The van der Waals surface area contributed by atoms with Crippen molar-refractivity contribution in [2.24, 2.45) is 23.1 Å². The maximum absolute atomic E-state index is 11.6. The van der Waals surface area contributed by atoms with Crippen molar-refractivity contribution >= 4 is 17.9 Å². The molecule has 0 aliphatic rings. The predicted molar refractivity (Wildman–Crippen MR) is 72.9 cm³/mol. The number of nitrogens with two attached hydrogens (primary N) is 3. The highest BCUT2D eigenvalue weighted by molar-refractivity contribution is 5.79. The van der Waals surface area contributed by atoms with Crippen molar-refractivity contribution < 1.29 is 29.0 Å². The molecule has 0 aromatic rings. The van der Waals surface area contributed by atoms with Gasteiger partial charge in [-0.1, -0.05) is 20.3 Å². The van der Waals surface area contributed by atoms with Crippen LogP contribution in [0.2, 0.25) is 0 Å². The summed E-state index contributed by atoms with van der Waals surface area (Å²) >= 11 is 0. The van der Waals surface area contributed by atoms with Gasteiger partial charge in [-0.15, -0.1) is 0 Å². The number of esters is 2. The van der Waals surface area contributed by atoms with Crippen LogP contribution in [-0.2, 0) is 23.9 Å². The molecule has 9 nitrogen and oxygen atoms in total. The minimum absolute atomic E-state index is 0.0609. The van der Waals surface area contributed by atoms with E-state index < -0.39 is 49.2 Å². The van der Waals surface area contributed by atoms with Crippen molar-refractivity contribution in [3.8, 4) is 0 Å². The lowest BCUT2D eigenvalue weighted by Gasteiger charge is -2.18. The third-order valence-corrected chi connectivity index (χ3v) is 2.96. The smallest absolute Gasteiger partial charge is 0.326 e. The van der Waals surface area contributed by atoms with Crippen LogP contribution in [-0.4, -0.2) is 54.4 Å². The van der Waals surface area contributed by atoms with E-state index in [9.17, 15) is 14.4 Å². The number of carboxylic acid groups (broad SMARTS) is 1. The predicted octanol–water partition coefficient (Wildman–Crippen LogP) is -1.81. The zero-order valence-electron chi connectivity index (χ0n) is 12.2. The number of ether oxygens (including phenoxy) is 2. The van der Waals surface area contributed by atoms with Gasteiger partial charge in [0.1, 0.15) is 31.3 Å². The zero-order chi connectivity index (χ0) is 16.6. The van der Waals surface area contributed by atoms with Crippen LogP contribution in [0.25, 0.3) is 0 Å². The van der Waals surface area contributed by atoms with E-state index in [4.69, 9.17) is 27.0 Å². The largest absolute Gasteiger partial charge is 0.480 e. The van der Waals surface area contributed by atoms with Crippen LogP contribution >= 0.6 is 0 Å². The number of carboxylic acids is 1. The molecule has 0 rings (SSSR count). The molecule has 0 saturated heterocycles. The summed E-state index contributed by atoms with van der Waals surface area (Å²) in [4.78, 5) is 33.4. The van der Waals surface area contributed by atoms with E-state index in [0.29, 0.717) is 6.42 Å². The van der Waals surface area contributed by atoms with Crippen molar-refractivity contribution in [2.75, 3.05) is 13.2 Å². The summed E-state index contributed by atoms with van der Waals surface area (Å²) in [5.74, 6) is -2.93. The fraction of sp³-hybridized carbons (Fsp3) is 0.750. The number of carbonyl (C=O) groups is 3. The molecule has 0 saturated carbocycles. The van der Waals surface area contributed by atoms with Gasteiger partial charge in [-0.2, -0.15) is 0 Å². The van der Waals surface area contributed by atoms with Crippen molar-refractivity contribution in [1.29, 1.82) is 0 Å². The summed E-state index contributed by atoms with van der Waals surface area (Å²) in [5, 5.41) is 8.52. The van der Waals surface area contributed by atoms with Crippen molar-refractivity contribution in [3.05, 3.63) is 0 Å². The Kier molecular flexibility index (Phi) is 8.51. The van der Waals surface area contributed by atoms with E-state index in [1.54, 1.807) is 6.92 Å². The Bertz CT molecular complexity index is 376. The fourth-order valence-electron chi connectivity index (χ4n) is 1.17. The standard InChI is InChI=1S/C12H23N3O6/c1-3-6(2)9(15)12(19)21-5-8(14)11(18)20-4-7(13)10(16)17/h6-9H,3-5,13-15H2,1-2H3,(H,16,17)/t6-,7-,8-,9-/m0/s1. The van der Waals surface area contributed by atoms with Gasteiger partial charge in [0.05, 0.1) is 0 Å². The topological polar surface area (TPSA) is 168 Å². The number of carbonyl (C=O) groups excluding carboxylic acids is 2. The molecule has 0 unspecified atom stereocenters. The Hall–Kier alpha value is -1.71. The lowest BCUT2D eigenvalue weighted by atomic mass is 10.0. The fourth-order valence-corrected chi connectivity index (χ4v) is 1.17. The molecule has 122 valence electrons. The Morgan fingerprint density at radius 1 is 1.00 bits per heavy atom. The number of aliphatic carboxylic acids is 1. The molecule has 0 fully saturated rings. The maximum atomic E-state index is 11.6. The lowest BCUT2D eigenvalue weighted by Crippen LogP contribution is -2.44. The van der Waals surface area contributed by atoms with E-state index in [1.165, 1.54) is 0 Å². The molecular weight excluding hydrogens is 282 g/mol. The van der Waals surface area contributed by atoms with Crippen LogP contribution < -0.4 is 17.2 Å². The summed E-state index contributed by atoms with van der Waals surface area (Å²) in [7, 11) is 0. The van der Waals surface area contributed by atoms with Gasteiger partial charge in [0.25, 0.3) is 0 Å². The molecule has 0 spiro atoms. The molecule has 0 radical (unpaired) electrons. The van der Waals surface area contributed by atoms with E-state index in [1.807, 2.05) is 6.92 Å². The van der Waals surface area contributed by atoms with Gasteiger partial charge in [-0.3, -0.25) is 14.4 Å². The summed E-state index contributed by atoms with van der Waals surface area (Å²) in [5.41, 5.74) is 16.3. The average molecular weight is 305 g/mol. The molecule has 0 aliphatic carbocycles. The second-order valence-electron chi connectivity index (χ2n) is 4.72. The summed E-state index contributed by atoms with van der Waals surface area (Å²) < 4.78 is 9.42. The van der Waals surface area contributed by atoms with Crippen LogP contribution in [0.1, 0.15) is 20.3 Å². The van der Waals surface area contributed by atoms with E-state index in [-0.39, 0.29) is 5.92 Å². The molecule has 0 amide bonds. The zero-order valence-corrected chi connectivity index (χ0v) is 12.2. The molecule has 21 heavy (non-hydrogen) atoms.